The van der Waals surface area contributed by atoms with E-state index in [0.29, 0.717) is 5.56 Å². The van der Waals surface area contributed by atoms with Gasteiger partial charge in [0.15, 0.2) is 0 Å². The second-order valence-electron chi connectivity index (χ2n) is 2.96. The van der Waals surface area contributed by atoms with Crippen molar-refractivity contribution >= 4 is 28.1 Å². The molecular formula is C10H8N2OS. The molecule has 1 heterocycles. The molecular weight excluding hydrogens is 196 g/mol. The fraction of sp³-hybridized carbons (Fsp3) is 0. The van der Waals surface area contributed by atoms with Crippen molar-refractivity contribution in [3.05, 3.63) is 46.2 Å². The zero-order chi connectivity index (χ0) is 10.1. The van der Waals surface area contributed by atoms with Gasteiger partial charge >= 0.3 is 0 Å². The minimum atomic E-state index is -0.240. The number of fused-ring (bicyclic) bond motifs is 1. The van der Waals surface area contributed by atoms with Gasteiger partial charge in [0.05, 0.1) is 5.56 Å². The minimum Gasteiger partial charge on any atom is -0.389 e. The third-order valence-electron chi connectivity index (χ3n) is 2.02. The fourth-order valence-corrected chi connectivity index (χ4v) is 1.48. The molecule has 0 saturated carbocycles. The van der Waals surface area contributed by atoms with Crippen LogP contribution in [-0.2, 0) is 0 Å². The number of thiocarbonyl (C=S) groups is 1. The molecule has 1 aromatic carbocycles. The van der Waals surface area contributed by atoms with Crippen molar-refractivity contribution in [3.63, 3.8) is 0 Å². The molecule has 4 heteroatoms. The van der Waals surface area contributed by atoms with Crippen LogP contribution in [-0.4, -0.2) is 9.97 Å². The van der Waals surface area contributed by atoms with E-state index in [9.17, 15) is 4.79 Å². The van der Waals surface area contributed by atoms with Gasteiger partial charge in [0.1, 0.15) is 4.99 Å². The van der Waals surface area contributed by atoms with Crippen molar-refractivity contribution in [2.75, 3.05) is 0 Å². The summed E-state index contributed by atoms with van der Waals surface area (Å²) in [6.45, 7) is 0. The van der Waals surface area contributed by atoms with E-state index in [0.717, 1.165) is 10.9 Å². The Balaban J connectivity index is 2.84. The number of benzene rings is 1. The van der Waals surface area contributed by atoms with Gasteiger partial charge in [0.25, 0.3) is 5.56 Å². The van der Waals surface area contributed by atoms with Crippen LogP contribution in [0.3, 0.4) is 0 Å². The molecule has 1 aromatic heterocycles. The Hall–Kier alpha value is -1.68. The SMILES string of the molecule is NC(=S)c1cc2ccccc2[nH]c1=O. The van der Waals surface area contributed by atoms with Crippen molar-refractivity contribution in [1.29, 1.82) is 0 Å². The highest BCUT2D eigenvalue weighted by molar-refractivity contribution is 7.80. The molecule has 0 aliphatic heterocycles. The summed E-state index contributed by atoms with van der Waals surface area (Å²) in [5.41, 5.74) is 6.33. The molecule has 0 atom stereocenters. The normalized spacial score (nSPS) is 10.3. The first kappa shape index (κ1) is 8.90. The Kier molecular flexibility index (Phi) is 2.05. The van der Waals surface area contributed by atoms with Gasteiger partial charge in [-0.25, -0.2) is 0 Å². The Morgan fingerprint density at radius 3 is 2.79 bits per heavy atom. The summed E-state index contributed by atoms with van der Waals surface area (Å²) in [6, 6.07) is 9.19. The lowest BCUT2D eigenvalue weighted by molar-refractivity contribution is 1.29. The summed E-state index contributed by atoms with van der Waals surface area (Å²) in [6.07, 6.45) is 0. The number of nitrogens with two attached hydrogens (primary N) is 1. The van der Waals surface area contributed by atoms with Gasteiger partial charge in [-0.3, -0.25) is 4.79 Å². The highest BCUT2D eigenvalue weighted by Crippen LogP contribution is 2.09. The molecule has 0 unspecified atom stereocenters. The largest absolute Gasteiger partial charge is 0.389 e. The Morgan fingerprint density at radius 2 is 2.07 bits per heavy atom. The van der Waals surface area contributed by atoms with Crippen LogP contribution < -0.4 is 11.3 Å². The summed E-state index contributed by atoms with van der Waals surface area (Å²) >= 11 is 4.77. The zero-order valence-electron chi connectivity index (χ0n) is 7.28. The Morgan fingerprint density at radius 1 is 1.36 bits per heavy atom. The van der Waals surface area contributed by atoms with Gasteiger partial charge in [-0.05, 0) is 17.5 Å². The number of nitrogens with one attached hydrogen (secondary N) is 1. The molecule has 0 aliphatic carbocycles. The van der Waals surface area contributed by atoms with Crippen LogP contribution in [0.15, 0.2) is 35.1 Å². The molecule has 0 bridgehead atoms. The van der Waals surface area contributed by atoms with E-state index in [1.54, 1.807) is 6.07 Å². The predicted molar refractivity (Wildman–Crippen MR) is 60.5 cm³/mol. The summed E-state index contributed by atoms with van der Waals surface area (Å²) in [7, 11) is 0. The van der Waals surface area contributed by atoms with E-state index >= 15 is 0 Å². The second-order valence-corrected chi connectivity index (χ2v) is 3.40. The fourth-order valence-electron chi connectivity index (χ4n) is 1.33. The maximum absolute atomic E-state index is 11.5. The molecule has 70 valence electrons. The van der Waals surface area contributed by atoms with Crippen molar-refractivity contribution in [3.8, 4) is 0 Å². The van der Waals surface area contributed by atoms with Crippen LogP contribution in [0.2, 0.25) is 0 Å². The third kappa shape index (κ3) is 1.40. The van der Waals surface area contributed by atoms with Gasteiger partial charge in [-0.15, -0.1) is 0 Å². The quantitative estimate of drug-likeness (QED) is 0.685. The second kappa shape index (κ2) is 3.23. The Bertz CT molecular complexity index is 559. The highest BCUT2D eigenvalue weighted by Gasteiger charge is 2.03. The molecule has 0 aliphatic rings. The standard InChI is InChI=1S/C10H8N2OS/c11-9(14)7-5-6-3-1-2-4-8(6)12-10(7)13/h1-5H,(H2,11,14)(H,12,13). The molecule has 14 heavy (non-hydrogen) atoms. The van der Waals surface area contributed by atoms with E-state index in [1.807, 2.05) is 24.3 Å². The zero-order valence-corrected chi connectivity index (χ0v) is 8.10. The lowest BCUT2D eigenvalue weighted by Crippen LogP contribution is -2.22. The number of H-pyrrole nitrogens is 1. The predicted octanol–water partition coefficient (Wildman–Crippen LogP) is 1.16. The monoisotopic (exact) mass is 204 g/mol. The molecule has 2 rings (SSSR count). The average molecular weight is 204 g/mol. The number of hydrogen-bond acceptors (Lipinski definition) is 2. The van der Waals surface area contributed by atoms with E-state index in [1.165, 1.54) is 0 Å². The lowest BCUT2D eigenvalue weighted by atomic mass is 10.1. The summed E-state index contributed by atoms with van der Waals surface area (Å²) in [4.78, 5) is 14.3. The topological polar surface area (TPSA) is 58.9 Å². The lowest BCUT2D eigenvalue weighted by Gasteiger charge is -2.00. The molecule has 0 radical (unpaired) electrons. The van der Waals surface area contributed by atoms with Crippen LogP contribution in [0.25, 0.3) is 10.9 Å². The number of aromatic nitrogens is 1. The molecule has 0 fully saturated rings. The number of para-hydroxylation sites is 1. The number of hydrogen-bond donors (Lipinski definition) is 2. The molecule has 2 aromatic rings. The maximum Gasteiger partial charge on any atom is 0.258 e. The van der Waals surface area contributed by atoms with E-state index < -0.39 is 0 Å². The minimum absolute atomic E-state index is 0.122. The van der Waals surface area contributed by atoms with Crippen molar-refractivity contribution in [1.82, 2.24) is 4.98 Å². The Labute approximate surface area is 85.6 Å². The van der Waals surface area contributed by atoms with Crippen molar-refractivity contribution in [2.24, 2.45) is 5.73 Å². The number of aromatic amines is 1. The first-order chi connectivity index (χ1) is 6.68. The molecule has 3 nitrogen and oxygen atoms in total. The summed E-state index contributed by atoms with van der Waals surface area (Å²) < 4.78 is 0. The van der Waals surface area contributed by atoms with Crippen LogP contribution >= 0.6 is 12.2 Å². The van der Waals surface area contributed by atoms with Gasteiger partial charge in [0, 0.05) is 5.52 Å². The van der Waals surface area contributed by atoms with Gasteiger partial charge < -0.3 is 10.7 Å². The average Bonchev–Trinajstić information content (AvgIpc) is 2.16. The molecule has 0 saturated heterocycles. The van der Waals surface area contributed by atoms with Gasteiger partial charge in [-0.1, -0.05) is 30.4 Å². The van der Waals surface area contributed by atoms with Crippen LogP contribution in [0.5, 0.6) is 0 Å². The van der Waals surface area contributed by atoms with E-state index in [-0.39, 0.29) is 10.5 Å². The number of rotatable bonds is 1. The first-order valence-electron chi connectivity index (χ1n) is 4.10. The first-order valence-corrected chi connectivity index (χ1v) is 4.51. The van der Waals surface area contributed by atoms with Gasteiger partial charge in [-0.2, -0.15) is 0 Å². The number of pyridine rings is 1. The van der Waals surface area contributed by atoms with Crippen LogP contribution in [0.1, 0.15) is 5.56 Å². The summed E-state index contributed by atoms with van der Waals surface area (Å²) in [5.74, 6) is 0. The van der Waals surface area contributed by atoms with E-state index in [2.05, 4.69) is 4.98 Å². The highest BCUT2D eigenvalue weighted by atomic mass is 32.1. The van der Waals surface area contributed by atoms with Crippen molar-refractivity contribution in [2.45, 2.75) is 0 Å². The molecule has 3 N–H and O–H groups in total. The van der Waals surface area contributed by atoms with Crippen LogP contribution in [0, 0.1) is 0 Å². The summed E-state index contributed by atoms with van der Waals surface area (Å²) in [5, 5.41) is 0.926. The maximum atomic E-state index is 11.5. The molecule has 0 spiro atoms. The van der Waals surface area contributed by atoms with Crippen molar-refractivity contribution < 1.29 is 0 Å². The van der Waals surface area contributed by atoms with E-state index in [4.69, 9.17) is 18.0 Å². The third-order valence-corrected chi connectivity index (χ3v) is 2.24. The smallest absolute Gasteiger partial charge is 0.258 e. The molecule has 0 amide bonds. The van der Waals surface area contributed by atoms with Crippen LogP contribution in [0.4, 0.5) is 0 Å². The van der Waals surface area contributed by atoms with Gasteiger partial charge in [0.2, 0.25) is 0 Å².